The van der Waals surface area contributed by atoms with E-state index in [1.54, 1.807) is 0 Å². The van der Waals surface area contributed by atoms with E-state index in [1.165, 1.54) is 37.8 Å². The predicted molar refractivity (Wildman–Crippen MR) is 365 cm³/mol. The lowest BCUT2D eigenvalue weighted by molar-refractivity contribution is 0.488. The third-order valence-electron chi connectivity index (χ3n) is 18.0. The number of benzene rings is 14. The summed E-state index contributed by atoms with van der Waals surface area (Å²) in [7, 11) is 0. The molecular weight excluding hydrogens is 1060 g/mol. The zero-order valence-electron chi connectivity index (χ0n) is 47.2. The van der Waals surface area contributed by atoms with Gasteiger partial charge < -0.3 is 28.6 Å². The van der Waals surface area contributed by atoms with Gasteiger partial charge in [-0.2, -0.15) is 0 Å². The SMILES string of the molecule is c1ccc(N2c3cc4c5c6ccccc6c(N(c6ccccc6)c6ccccc6)cc5n(-c5ccccc5)c4cc3B3c4cc5c(cc4Oc4cccc2c43)c2c3ccccc3c(N(c3ccccc3)c3ccccc3)cc2n5-c2ccccc2)cc1. The van der Waals surface area contributed by atoms with Gasteiger partial charge in [-0.25, -0.2) is 0 Å². The Morgan fingerprint density at radius 1 is 0.276 bits per heavy atom. The summed E-state index contributed by atoms with van der Waals surface area (Å²) in [5, 5.41) is 9.37. The van der Waals surface area contributed by atoms with Crippen molar-refractivity contribution < 1.29 is 4.74 Å². The molecule has 0 amide bonds. The molecular formula is C80H52BN5O. The van der Waals surface area contributed by atoms with E-state index in [9.17, 15) is 0 Å². The van der Waals surface area contributed by atoms with Crippen LogP contribution in [0.25, 0.3) is 76.5 Å². The van der Waals surface area contributed by atoms with Crippen LogP contribution >= 0.6 is 0 Å². The number of hydrogen-bond acceptors (Lipinski definition) is 4. The third-order valence-corrected chi connectivity index (χ3v) is 18.0. The summed E-state index contributed by atoms with van der Waals surface area (Å²) >= 11 is 0. The molecule has 14 aromatic carbocycles. The minimum atomic E-state index is -0.217. The zero-order chi connectivity index (χ0) is 57.1. The molecule has 16 aromatic rings. The Morgan fingerprint density at radius 3 is 1.13 bits per heavy atom. The fourth-order valence-corrected chi connectivity index (χ4v) is 14.5. The second-order valence-corrected chi connectivity index (χ2v) is 22.8. The number of hydrogen-bond donors (Lipinski definition) is 0. The maximum absolute atomic E-state index is 7.42. The summed E-state index contributed by atoms with van der Waals surface area (Å²) in [6.07, 6.45) is 0. The van der Waals surface area contributed by atoms with E-state index in [0.29, 0.717) is 0 Å². The molecule has 0 bridgehead atoms. The first kappa shape index (κ1) is 48.9. The van der Waals surface area contributed by atoms with Crippen LogP contribution in [0, 0.1) is 0 Å². The molecule has 0 N–H and O–H groups in total. The average Bonchev–Trinajstić information content (AvgIpc) is 2.40. The molecule has 0 saturated heterocycles. The van der Waals surface area contributed by atoms with Gasteiger partial charge in [-0.05, 0) is 161 Å². The molecule has 0 aliphatic carbocycles. The van der Waals surface area contributed by atoms with E-state index in [2.05, 4.69) is 339 Å². The second-order valence-electron chi connectivity index (χ2n) is 22.8. The van der Waals surface area contributed by atoms with Gasteiger partial charge in [0.05, 0.1) is 33.4 Å². The van der Waals surface area contributed by atoms with Gasteiger partial charge >= 0.3 is 0 Å². The van der Waals surface area contributed by atoms with Crippen LogP contribution in [0.4, 0.5) is 51.2 Å². The molecule has 2 aliphatic heterocycles. The fourth-order valence-electron chi connectivity index (χ4n) is 14.5. The Balaban J connectivity index is 0.949. The first-order chi connectivity index (χ1) is 43.2. The molecule has 0 spiro atoms. The minimum absolute atomic E-state index is 0.217. The molecule has 0 atom stereocenters. The molecule has 0 saturated carbocycles. The Labute approximate surface area is 503 Å². The Morgan fingerprint density at radius 2 is 0.667 bits per heavy atom. The van der Waals surface area contributed by atoms with Crippen LogP contribution in [0.3, 0.4) is 0 Å². The van der Waals surface area contributed by atoms with Crippen molar-refractivity contribution in [3.8, 4) is 22.9 Å². The number of ether oxygens (including phenoxy) is 1. The van der Waals surface area contributed by atoms with E-state index in [4.69, 9.17) is 4.74 Å². The largest absolute Gasteiger partial charge is 0.458 e. The number of nitrogens with zero attached hydrogens (tertiary/aromatic N) is 5. The predicted octanol–water partition coefficient (Wildman–Crippen LogP) is 19.5. The van der Waals surface area contributed by atoms with Crippen LogP contribution in [0.2, 0.25) is 0 Å². The van der Waals surface area contributed by atoms with Gasteiger partial charge in [0.15, 0.2) is 0 Å². The lowest BCUT2D eigenvalue weighted by Gasteiger charge is -2.40. The molecule has 7 heteroatoms. The van der Waals surface area contributed by atoms with Gasteiger partial charge in [0.2, 0.25) is 0 Å². The minimum Gasteiger partial charge on any atom is -0.458 e. The number of rotatable bonds is 9. The normalized spacial score (nSPS) is 12.4. The van der Waals surface area contributed by atoms with Crippen molar-refractivity contribution in [1.29, 1.82) is 0 Å². The smallest absolute Gasteiger partial charge is 0.256 e. The lowest BCUT2D eigenvalue weighted by Crippen LogP contribution is -2.59. The number of aromatic nitrogens is 2. The lowest BCUT2D eigenvalue weighted by atomic mass is 9.34. The first-order valence-corrected chi connectivity index (χ1v) is 29.9. The molecule has 0 radical (unpaired) electrons. The third kappa shape index (κ3) is 7.49. The molecule has 4 heterocycles. The molecule has 87 heavy (non-hydrogen) atoms. The molecule has 0 fully saturated rings. The van der Waals surface area contributed by atoms with Crippen molar-refractivity contribution in [3.63, 3.8) is 0 Å². The Hall–Kier alpha value is -11.5. The molecule has 2 aliphatic rings. The van der Waals surface area contributed by atoms with Crippen LogP contribution in [-0.2, 0) is 0 Å². The number of fused-ring (bicyclic) bond motifs is 14. The van der Waals surface area contributed by atoms with Crippen LogP contribution in [-0.4, -0.2) is 15.8 Å². The van der Waals surface area contributed by atoms with Crippen LogP contribution < -0.4 is 35.8 Å². The van der Waals surface area contributed by atoms with Crippen molar-refractivity contribution in [2.45, 2.75) is 0 Å². The van der Waals surface area contributed by atoms with E-state index in [0.717, 1.165) is 118 Å². The van der Waals surface area contributed by atoms with E-state index < -0.39 is 0 Å². The van der Waals surface area contributed by atoms with Crippen molar-refractivity contribution in [1.82, 2.24) is 9.13 Å². The first-order valence-electron chi connectivity index (χ1n) is 29.9. The Bertz CT molecular complexity index is 5290. The summed E-state index contributed by atoms with van der Waals surface area (Å²) in [6.45, 7) is -0.217. The number of para-hydroxylation sites is 7. The highest BCUT2D eigenvalue weighted by Gasteiger charge is 2.43. The van der Waals surface area contributed by atoms with E-state index in [-0.39, 0.29) is 6.71 Å². The molecule has 406 valence electrons. The monoisotopic (exact) mass is 1110 g/mol. The van der Waals surface area contributed by atoms with Crippen LogP contribution in [0.15, 0.2) is 315 Å². The topological polar surface area (TPSA) is 28.8 Å². The average molecular weight is 1110 g/mol. The van der Waals surface area contributed by atoms with Crippen LogP contribution in [0.1, 0.15) is 0 Å². The zero-order valence-corrected chi connectivity index (χ0v) is 47.2. The highest BCUT2D eigenvalue weighted by molar-refractivity contribution is 6.99. The standard InChI is InChI=1S/C80H52BN5O/c1-8-27-53(28-9-1)82(54-29-10-2-11-30-54)71-51-74-78(62-43-24-22-41-60(62)71)64-47-73-66(49-69(64)85(74)58-37-18-6-19-38-58)81-67-50-70-65(48-77(67)87-76-46-26-45-68(80(76)81)84(73)57-35-16-5-17-36-57)79-63-44-25-23-42-61(63)72(52-75(79)86(70)59-39-20-7-21-40-59)83(55-31-12-3-13-32-55)56-33-14-4-15-34-56/h1-52H. The molecule has 2 aromatic heterocycles. The van der Waals surface area contributed by atoms with Crippen molar-refractivity contribution in [2.24, 2.45) is 0 Å². The molecule has 6 nitrogen and oxygen atoms in total. The highest BCUT2D eigenvalue weighted by Crippen LogP contribution is 2.50. The van der Waals surface area contributed by atoms with Gasteiger partial charge in [0, 0.05) is 83.5 Å². The summed E-state index contributed by atoms with van der Waals surface area (Å²) in [5.41, 5.74) is 20.0. The molecule has 18 rings (SSSR count). The maximum Gasteiger partial charge on any atom is 0.256 e. The van der Waals surface area contributed by atoms with Gasteiger partial charge in [0.25, 0.3) is 6.71 Å². The van der Waals surface area contributed by atoms with Crippen LogP contribution in [0.5, 0.6) is 11.5 Å². The highest BCUT2D eigenvalue weighted by atomic mass is 16.5. The van der Waals surface area contributed by atoms with Crippen molar-refractivity contribution >= 4 is 139 Å². The summed E-state index contributed by atoms with van der Waals surface area (Å²) in [4.78, 5) is 7.29. The quantitative estimate of drug-likeness (QED) is 0.135. The summed E-state index contributed by atoms with van der Waals surface area (Å²) in [6, 6.07) is 115. The van der Waals surface area contributed by atoms with Crippen molar-refractivity contribution in [2.75, 3.05) is 14.7 Å². The fraction of sp³-hybridized carbons (Fsp3) is 0. The van der Waals surface area contributed by atoms with Gasteiger partial charge in [-0.1, -0.05) is 182 Å². The summed E-state index contributed by atoms with van der Waals surface area (Å²) in [5.74, 6) is 1.71. The summed E-state index contributed by atoms with van der Waals surface area (Å²) < 4.78 is 12.4. The van der Waals surface area contributed by atoms with Gasteiger partial charge in [0.1, 0.15) is 11.5 Å². The maximum atomic E-state index is 7.42. The number of anilines is 9. The van der Waals surface area contributed by atoms with Gasteiger partial charge in [-0.3, -0.25) is 0 Å². The van der Waals surface area contributed by atoms with E-state index in [1.807, 2.05) is 0 Å². The van der Waals surface area contributed by atoms with Gasteiger partial charge in [-0.15, -0.1) is 0 Å². The molecule has 0 unspecified atom stereocenters. The van der Waals surface area contributed by atoms with E-state index >= 15 is 0 Å². The Kier molecular flexibility index (Phi) is 11.0. The second kappa shape index (κ2) is 19.5. The van der Waals surface area contributed by atoms with Crippen molar-refractivity contribution in [3.05, 3.63) is 315 Å².